The molecule has 0 N–H and O–H groups in total. The van der Waals surface area contributed by atoms with Crippen LogP contribution < -0.4 is 10.6 Å². The quantitative estimate of drug-likeness (QED) is 0.414. The van der Waals surface area contributed by atoms with Crippen LogP contribution in [0.15, 0.2) is 51.7 Å². The predicted molar refractivity (Wildman–Crippen MR) is 116 cm³/mol. The highest BCUT2D eigenvalue weighted by molar-refractivity contribution is 9.10. The van der Waals surface area contributed by atoms with E-state index in [-0.39, 0.29) is 17.5 Å². The number of aromatic nitrogens is 2. The van der Waals surface area contributed by atoms with Gasteiger partial charge in [-0.15, -0.1) is 0 Å². The Morgan fingerprint density at radius 3 is 2.14 bits per heavy atom. The topological polar surface area (TPSA) is 64.3 Å². The van der Waals surface area contributed by atoms with Gasteiger partial charge < -0.3 is 0 Å². The average molecular weight is 450 g/mol. The minimum Gasteiger partial charge on any atom is -0.295 e. The third-order valence-corrected chi connectivity index (χ3v) is 6.38. The normalized spacial score (nSPS) is 13.7. The second-order valence-corrected chi connectivity index (χ2v) is 8.15. The lowest BCUT2D eigenvalue weighted by atomic mass is 9.93. The standard InChI is InChI=1S/C22H16BrN3O3/c1-11-9-17-18(25(3)22(29)24(17)2)10-16(11)26-20(27)13-6-4-5-12-15(23)8-7-14(19(12)13)21(26)28/h4-10H,1-3H3. The van der Waals surface area contributed by atoms with E-state index in [9.17, 15) is 14.4 Å². The van der Waals surface area contributed by atoms with Gasteiger partial charge in [0.25, 0.3) is 11.8 Å². The number of halogens is 1. The van der Waals surface area contributed by atoms with Crippen molar-refractivity contribution in [3.63, 3.8) is 0 Å². The summed E-state index contributed by atoms with van der Waals surface area (Å²) in [7, 11) is 3.38. The van der Waals surface area contributed by atoms with Crippen molar-refractivity contribution in [2.75, 3.05) is 4.90 Å². The summed E-state index contributed by atoms with van der Waals surface area (Å²) < 4.78 is 3.91. The molecule has 0 saturated carbocycles. The van der Waals surface area contributed by atoms with Crippen molar-refractivity contribution in [2.45, 2.75) is 6.92 Å². The van der Waals surface area contributed by atoms with Gasteiger partial charge >= 0.3 is 5.69 Å². The molecule has 2 amide bonds. The molecule has 1 aromatic heterocycles. The van der Waals surface area contributed by atoms with E-state index < -0.39 is 0 Å². The van der Waals surface area contributed by atoms with Gasteiger partial charge in [0.2, 0.25) is 0 Å². The molecule has 1 aliphatic heterocycles. The summed E-state index contributed by atoms with van der Waals surface area (Å²) in [6.45, 7) is 1.84. The summed E-state index contributed by atoms with van der Waals surface area (Å²) in [6, 6.07) is 12.6. The predicted octanol–water partition coefficient (Wildman–Crippen LogP) is 3.90. The van der Waals surface area contributed by atoms with Crippen LogP contribution >= 0.6 is 15.9 Å². The van der Waals surface area contributed by atoms with Gasteiger partial charge in [-0.25, -0.2) is 9.69 Å². The molecule has 3 aromatic carbocycles. The molecule has 0 fully saturated rings. The van der Waals surface area contributed by atoms with Crippen molar-refractivity contribution in [3.05, 3.63) is 74.1 Å². The Morgan fingerprint density at radius 2 is 1.45 bits per heavy atom. The van der Waals surface area contributed by atoms with Crippen molar-refractivity contribution in [3.8, 4) is 0 Å². The van der Waals surface area contributed by atoms with Crippen LogP contribution in [0.25, 0.3) is 21.8 Å². The van der Waals surface area contributed by atoms with Gasteiger partial charge in [0.1, 0.15) is 0 Å². The SMILES string of the molecule is Cc1cc2c(cc1N1C(=O)c3cccc4c(Br)ccc(c34)C1=O)n(C)c(=O)n2C. The van der Waals surface area contributed by atoms with Crippen LogP contribution in [0.1, 0.15) is 26.3 Å². The molecule has 0 bridgehead atoms. The molecule has 5 rings (SSSR count). The zero-order chi connectivity index (χ0) is 20.6. The Morgan fingerprint density at radius 1 is 0.828 bits per heavy atom. The third kappa shape index (κ3) is 2.25. The van der Waals surface area contributed by atoms with Crippen LogP contribution in [0.3, 0.4) is 0 Å². The number of amides is 2. The maximum Gasteiger partial charge on any atom is 0.328 e. The molecule has 144 valence electrons. The molecule has 1 aliphatic rings. The molecular weight excluding hydrogens is 434 g/mol. The van der Waals surface area contributed by atoms with Gasteiger partial charge in [-0.3, -0.25) is 18.7 Å². The van der Waals surface area contributed by atoms with Gasteiger partial charge in [-0.1, -0.05) is 28.1 Å². The van der Waals surface area contributed by atoms with Crippen LogP contribution in [-0.4, -0.2) is 20.9 Å². The number of hydrogen-bond donors (Lipinski definition) is 0. The summed E-state index contributed by atoms with van der Waals surface area (Å²) in [5.74, 6) is -0.732. The van der Waals surface area contributed by atoms with Crippen LogP contribution in [0, 0.1) is 6.92 Å². The summed E-state index contributed by atoms with van der Waals surface area (Å²) in [6.07, 6.45) is 0. The number of nitrogens with zero attached hydrogens (tertiary/aromatic N) is 3. The number of aryl methyl sites for hydroxylation is 3. The van der Waals surface area contributed by atoms with Crippen LogP contribution in [-0.2, 0) is 14.1 Å². The van der Waals surface area contributed by atoms with Gasteiger partial charge in [0.15, 0.2) is 0 Å². The molecule has 0 radical (unpaired) electrons. The largest absolute Gasteiger partial charge is 0.328 e. The number of rotatable bonds is 1. The summed E-state index contributed by atoms with van der Waals surface area (Å²) >= 11 is 3.50. The zero-order valence-electron chi connectivity index (χ0n) is 16.0. The van der Waals surface area contributed by atoms with Gasteiger partial charge in [-0.2, -0.15) is 0 Å². The van der Waals surface area contributed by atoms with E-state index in [0.717, 1.165) is 20.9 Å². The van der Waals surface area contributed by atoms with Gasteiger partial charge in [-0.05, 0) is 48.2 Å². The van der Waals surface area contributed by atoms with Crippen molar-refractivity contribution >= 4 is 55.2 Å². The highest BCUT2D eigenvalue weighted by Crippen LogP contribution is 2.37. The van der Waals surface area contributed by atoms with E-state index in [1.807, 2.05) is 31.2 Å². The Labute approximate surface area is 174 Å². The maximum absolute atomic E-state index is 13.4. The fraction of sp³-hybridized carbons (Fsp3) is 0.136. The lowest BCUT2D eigenvalue weighted by Crippen LogP contribution is -2.40. The molecule has 7 heteroatoms. The third-order valence-electron chi connectivity index (χ3n) is 5.69. The van der Waals surface area contributed by atoms with E-state index in [1.54, 1.807) is 36.9 Å². The molecule has 0 aliphatic carbocycles. The second kappa shape index (κ2) is 5.90. The molecule has 0 atom stereocenters. The molecule has 0 unspecified atom stereocenters. The lowest BCUT2D eigenvalue weighted by molar-refractivity contribution is 0.0893. The molecular formula is C22H16BrN3O3. The number of carbonyl (C=O) groups excluding carboxylic acids is 2. The van der Waals surface area contributed by atoms with Crippen molar-refractivity contribution in [2.24, 2.45) is 14.1 Å². The number of imidazole rings is 1. The monoisotopic (exact) mass is 449 g/mol. The van der Waals surface area contributed by atoms with Gasteiger partial charge in [0.05, 0.1) is 16.7 Å². The first-order valence-corrected chi connectivity index (χ1v) is 9.86. The van der Waals surface area contributed by atoms with E-state index in [0.29, 0.717) is 27.7 Å². The number of imide groups is 1. The number of fused-ring (bicyclic) bond motifs is 1. The summed E-state index contributed by atoms with van der Waals surface area (Å²) in [4.78, 5) is 40.3. The zero-order valence-corrected chi connectivity index (χ0v) is 17.6. The molecule has 2 heterocycles. The molecule has 6 nitrogen and oxygen atoms in total. The Bertz CT molecular complexity index is 1440. The fourth-order valence-electron chi connectivity index (χ4n) is 4.16. The first-order valence-electron chi connectivity index (χ1n) is 9.07. The number of hydrogen-bond acceptors (Lipinski definition) is 3. The smallest absolute Gasteiger partial charge is 0.295 e. The fourth-order valence-corrected chi connectivity index (χ4v) is 4.62. The minimum absolute atomic E-state index is 0.159. The van der Waals surface area contributed by atoms with Crippen LogP contribution in [0.2, 0.25) is 0 Å². The minimum atomic E-state index is -0.366. The maximum atomic E-state index is 13.4. The lowest BCUT2D eigenvalue weighted by Gasteiger charge is -2.28. The Kier molecular flexibility index (Phi) is 3.64. The van der Waals surface area contributed by atoms with E-state index in [1.165, 1.54) is 9.47 Å². The molecule has 4 aromatic rings. The Hall–Kier alpha value is -3.19. The van der Waals surface area contributed by atoms with Gasteiger partial charge in [0, 0.05) is 35.1 Å². The van der Waals surface area contributed by atoms with Crippen molar-refractivity contribution in [1.29, 1.82) is 0 Å². The number of carbonyl (C=O) groups is 2. The summed E-state index contributed by atoms with van der Waals surface area (Å²) in [5, 5.41) is 1.50. The number of benzene rings is 3. The number of anilines is 1. The molecule has 0 saturated heterocycles. The second-order valence-electron chi connectivity index (χ2n) is 7.30. The van der Waals surface area contributed by atoms with Crippen LogP contribution in [0.4, 0.5) is 5.69 Å². The summed E-state index contributed by atoms with van der Waals surface area (Å²) in [5.41, 5.74) is 3.46. The van der Waals surface area contributed by atoms with Crippen molar-refractivity contribution in [1.82, 2.24) is 9.13 Å². The van der Waals surface area contributed by atoms with E-state index >= 15 is 0 Å². The Balaban J connectivity index is 1.80. The first kappa shape index (κ1) is 17.9. The highest BCUT2D eigenvalue weighted by Gasteiger charge is 2.35. The highest BCUT2D eigenvalue weighted by atomic mass is 79.9. The van der Waals surface area contributed by atoms with Crippen molar-refractivity contribution < 1.29 is 9.59 Å². The molecule has 0 spiro atoms. The molecule has 29 heavy (non-hydrogen) atoms. The van der Waals surface area contributed by atoms with Crippen LogP contribution in [0.5, 0.6) is 0 Å². The first-order chi connectivity index (χ1) is 13.8. The average Bonchev–Trinajstić information content (AvgIpc) is 2.91. The van der Waals surface area contributed by atoms with E-state index in [2.05, 4.69) is 15.9 Å². The van der Waals surface area contributed by atoms with E-state index in [4.69, 9.17) is 0 Å².